The highest BCUT2D eigenvalue weighted by atomic mass is 35.5. The molecule has 0 radical (unpaired) electrons. The number of hydrogen-bond acceptors (Lipinski definition) is 6. The van der Waals surface area contributed by atoms with Crippen LogP contribution in [0.15, 0.2) is 24.4 Å². The molecule has 0 fully saturated rings. The van der Waals surface area contributed by atoms with Gasteiger partial charge in [-0.3, -0.25) is 0 Å². The lowest BCUT2D eigenvalue weighted by Crippen LogP contribution is -2.03. The van der Waals surface area contributed by atoms with Crippen LogP contribution in [-0.2, 0) is 0 Å². The Balaban J connectivity index is 2.33. The van der Waals surface area contributed by atoms with Gasteiger partial charge in [0.05, 0.1) is 24.9 Å². The third-order valence-corrected chi connectivity index (χ3v) is 2.81. The zero-order chi connectivity index (χ0) is 15.2. The molecule has 1 aromatic carbocycles. The first-order chi connectivity index (χ1) is 10.2. The second-order valence-electron chi connectivity index (χ2n) is 3.96. The topological polar surface area (TPSA) is 80.1 Å². The summed E-state index contributed by atoms with van der Waals surface area (Å²) in [5, 5.41) is 12.1. The molecule has 1 N–H and O–H groups in total. The van der Waals surface area contributed by atoms with Crippen molar-refractivity contribution in [2.24, 2.45) is 0 Å². The molecule has 2 aromatic rings. The van der Waals surface area contributed by atoms with Gasteiger partial charge in [0, 0.05) is 12.6 Å². The molecule has 0 unspecified atom stereocenters. The third kappa shape index (κ3) is 3.52. The van der Waals surface area contributed by atoms with E-state index >= 15 is 0 Å². The van der Waals surface area contributed by atoms with Crippen LogP contribution in [0.5, 0.6) is 17.4 Å². The van der Waals surface area contributed by atoms with Crippen LogP contribution in [0.2, 0.25) is 5.02 Å². The van der Waals surface area contributed by atoms with Crippen molar-refractivity contribution in [2.45, 2.75) is 6.92 Å². The lowest BCUT2D eigenvalue weighted by molar-refractivity contribution is 0.374. The van der Waals surface area contributed by atoms with Crippen molar-refractivity contribution >= 4 is 17.5 Å². The first-order valence-electron chi connectivity index (χ1n) is 6.20. The van der Waals surface area contributed by atoms with E-state index in [9.17, 15) is 0 Å². The number of nitrogens with one attached hydrogen (secondary N) is 1. The maximum absolute atomic E-state index is 8.88. The van der Waals surface area contributed by atoms with Crippen LogP contribution < -0.4 is 14.8 Å². The monoisotopic (exact) mass is 304 g/mol. The number of nitriles is 1. The summed E-state index contributed by atoms with van der Waals surface area (Å²) in [6.07, 6.45) is 1.46. The molecule has 0 amide bonds. The highest BCUT2D eigenvalue weighted by Crippen LogP contribution is 2.34. The van der Waals surface area contributed by atoms with Gasteiger partial charge in [0.15, 0.2) is 11.5 Å². The van der Waals surface area contributed by atoms with Crippen molar-refractivity contribution in [3.63, 3.8) is 0 Å². The van der Waals surface area contributed by atoms with E-state index in [1.54, 1.807) is 18.2 Å². The van der Waals surface area contributed by atoms with Gasteiger partial charge >= 0.3 is 0 Å². The van der Waals surface area contributed by atoms with Gasteiger partial charge in [-0.1, -0.05) is 11.6 Å². The molecule has 0 aliphatic carbocycles. The molecule has 0 aliphatic heterocycles. The fourth-order valence-corrected chi connectivity index (χ4v) is 1.72. The Morgan fingerprint density at radius 3 is 2.86 bits per heavy atom. The summed E-state index contributed by atoms with van der Waals surface area (Å²) in [7, 11) is 1.50. The molecule has 108 valence electrons. The smallest absolute Gasteiger partial charge is 0.243 e. The number of aromatic nitrogens is 2. The summed E-state index contributed by atoms with van der Waals surface area (Å²) >= 11 is 6.03. The van der Waals surface area contributed by atoms with Crippen LogP contribution in [0.25, 0.3) is 0 Å². The largest absolute Gasteiger partial charge is 0.493 e. The minimum absolute atomic E-state index is 0.214. The fraction of sp³-hybridized carbons (Fsp3) is 0.214. The van der Waals surface area contributed by atoms with E-state index in [-0.39, 0.29) is 10.9 Å². The van der Waals surface area contributed by atoms with Gasteiger partial charge in [0.1, 0.15) is 5.02 Å². The molecule has 6 nitrogen and oxygen atoms in total. The van der Waals surface area contributed by atoms with E-state index in [1.165, 1.54) is 13.3 Å². The molecule has 1 heterocycles. The number of anilines is 1. The molecule has 7 heteroatoms. The minimum Gasteiger partial charge on any atom is -0.493 e. The summed E-state index contributed by atoms with van der Waals surface area (Å²) < 4.78 is 10.9. The van der Waals surface area contributed by atoms with Gasteiger partial charge < -0.3 is 14.8 Å². The van der Waals surface area contributed by atoms with Crippen LogP contribution in [0, 0.1) is 11.3 Å². The number of hydrogen-bond donors (Lipinski definition) is 1. The molecule has 0 saturated carbocycles. The van der Waals surface area contributed by atoms with Gasteiger partial charge in [0.25, 0.3) is 0 Å². The number of ether oxygens (including phenoxy) is 2. The van der Waals surface area contributed by atoms with Crippen molar-refractivity contribution in [1.82, 2.24) is 9.97 Å². The standard InChI is InChI=1S/C14H13ClN4O2/c1-3-17-14-18-8-10(15)13(19-14)21-11-5-4-9(7-16)6-12(11)20-2/h4-6,8H,3H2,1-2H3,(H,17,18,19). The number of methoxy groups -OCH3 is 1. The van der Waals surface area contributed by atoms with Gasteiger partial charge in [-0.25, -0.2) is 4.98 Å². The number of rotatable bonds is 5. The molecule has 0 atom stereocenters. The maximum Gasteiger partial charge on any atom is 0.243 e. The minimum atomic E-state index is 0.214. The molecular formula is C14H13ClN4O2. The Kier molecular flexibility index (Phi) is 4.80. The Morgan fingerprint density at radius 1 is 1.38 bits per heavy atom. The number of halogens is 1. The third-order valence-electron chi connectivity index (χ3n) is 2.55. The summed E-state index contributed by atoms with van der Waals surface area (Å²) in [5.41, 5.74) is 0.473. The summed E-state index contributed by atoms with van der Waals surface area (Å²) in [6.45, 7) is 2.61. The van der Waals surface area contributed by atoms with Crippen LogP contribution in [0.4, 0.5) is 5.95 Å². The number of benzene rings is 1. The molecule has 1 aromatic heterocycles. The molecule has 0 bridgehead atoms. The quantitative estimate of drug-likeness (QED) is 0.913. The fourth-order valence-electron chi connectivity index (χ4n) is 1.59. The zero-order valence-electron chi connectivity index (χ0n) is 11.6. The van der Waals surface area contributed by atoms with Gasteiger partial charge in [-0.2, -0.15) is 10.2 Å². The zero-order valence-corrected chi connectivity index (χ0v) is 12.3. The Labute approximate surface area is 127 Å². The first kappa shape index (κ1) is 14.9. The maximum atomic E-state index is 8.88. The Bertz CT molecular complexity index is 685. The van der Waals surface area contributed by atoms with E-state index in [2.05, 4.69) is 15.3 Å². The van der Waals surface area contributed by atoms with Crippen molar-refractivity contribution < 1.29 is 9.47 Å². The van der Waals surface area contributed by atoms with Crippen LogP contribution in [-0.4, -0.2) is 23.6 Å². The average molecular weight is 305 g/mol. The predicted octanol–water partition coefficient (Wildman–Crippen LogP) is 3.23. The summed E-state index contributed by atoms with van der Waals surface area (Å²) in [5.74, 6) is 1.48. The predicted molar refractivity (Wildman–Crippen MR) is 79.0 cm³/mol. The molecule has 0 spiro atoms. The van der Waals surface area contributed by atoms with Crippen molar-refractivity contribution in [2.75, 3.05) is 19.0 Å². The van der Waals surface area contributed by atoms with Crippen molar-refractivity contribution in [3.05, 3.63) is 35.0 Å². The van der Waals surface area contributed by atoms with Gasteiger partial charge in [-0.05, 0) is 19.1 Å². The summed E-state index contributed by atoms with van der Waals surface area (Å²) in [6, 6.07) is 6.86. The average Bonchev–Trinajstić information content (AvgIpc) is 2.51. The second-order valence-corrected chi connectivity index (χ2v) is 4.36. The molecule has 0 saturated heterocycles. The summed E-state index contributed by atoms with van der Waals surface area (Å²) in [4.78, 5) is 8.21. The first-order valence-corrected chi connectivity index (χ1v) is 6.58. The van der Waals surface area contributed by atoms with Crippen molar-refractivity contribution in [3.8, 4) is 23.4 Å². The van der Waals surface area contributed by atoms with E-state index in [4.69, 9.17) is 26.3 Å². The molecule has 0 aliphatic rings. The lowest BCUT2D eigenvalue weighted by atomic mass is 10.2. The Hall–Kier alpha value is -2.52. The van der Waals surface area contributed by atoms with E-state index in [0.29, 0.717) is 29.6 Å². The SMILES string of the molecule is CCNc1ncc(Cl)c(Oc2ccc(C#N)cc2OC)n1. The van der Waals surface area contributed by atoms with Gasteiger partial charge in [-0.15, -0.1) is 0 Å². The molecule has 2 rings (SSSR count). The molecule has 21 heavy (non-hydrogen) atoms. The molecular weight excluding hydrogens is 292 g/mol. The van der Waals surface area contributed by atoms with Crippen LogP contribution in [0.3, 0.4) is 0 Å². The normalized spacial score (nSPS) is 9.81. The Morgan fingerprint density at radius 2 is 2.19 bits per heavy atom. The number of nitrogens with zero attached hydrogens (tertiary/aromatic N) is 3. The van der Waals surface area contributed by atoms with Crippen molar-refractivity contribution in [1.29, 1.82) is 5.26 Å². The highest BCUT2D eigenvalue weighted by molar-refractivity contribution is 6.31. The van der Waals surface area contributed by atoms with Gasteiger partial charge in [0.2, 0.25) is 11.8 Å². The van der Waals surface area contributed by atoms with E-state index in [0.717, 1.165) is 0 Å². The van der Waals surface area contributed by atoms with E-state index in [1.807, 2.05) is 13.0 Å². The lowest BCUT2D eigenvalue weighted by Gasteiger charge is -2.11. The van der Waals surface area contributed by atoms with Crippen LogP contribution >= 0.6 is 11.6 Å². The highest BCUT2D eigenvalue weighted by Gasteiger charge is 2.12. The second kappa shape index (κ2) is 6.77. The van der Waals surface area contributed by atoms with E-state index < -0.39 is 0 Å². The van der Waals surface area contributed by atoms with Crippen LogP contribution in [0.1, 0.15) is 12.5 Å².